The summed E-state index contributed by atoms with van der Waals surface area (Å²) in [7, 11) is 1.99. The maximum atomic E-state index is 11.4. The number of rotatable bonds is 0. The molecule has 11 heavy (non-hydrogen) atoms. The van der Waals surface area contributed by atoms with Crippen LogP contribution >= 0.6 is 0 Å². The minimum atomic E-state index is -0.222. The molecule has 0 radical (unpaired) electrons. The standard InChI is InChI=1S/C7H13N3O/c1-10-5-9-6(11)7(10)2-3-8-4-7/h8H,2-5H2,1H3,(H,9,11)/t7-/m1/s1. The van der Waals surface area contributed by atoms with E-state index in [0.717, 1.165) is 19.5 Å². The Morgan fingerprint density at radius 3 is 2.91 bits per heavy atom. The van der Waals surface area contributed by atoms with Gasteiger partial charge in [0.2, 0.25) is 5.91 Å². The van der Waals surface area contributed by atoms with Gasteiger partial charge in [-0.1, -0.05) is 0 Å². The molecule has 0 aromatic heterocycles. The van der Waals surface area contributed by atoms with Crippen LogP contribution in [0, 0.1) is 0 Å². The van der Waals surface area contributed by atoms with Gasteiger partial charge in [0.25, 0.3) is 0 Å². The Balaban J connectivity index is 2.26. The van der Waals surface area contributed by atoms with Crippen molar-refractivity contribution in [2.24, 2.45) is 0 Å². The molecule has 2 fully saturated rings. The third kappa shape index (κ3) is 0.795. The molecule has 2 heterocycles. The van der Waals surface area contributed by atoms with E-state index in [9.17, 15) is 4.79 Å². The van der Waals surface area contributed by atoms with E-state index in [-0.39, 0.29) is 11.4 Å². The number of nitrogens with zero attached hydrogens (tertiary/aromatic N) is 1. The fourth-order valence-electron chi connectivity index (χ4n) is 1.88. The van der Waals surface area contributed by atoms with Crippen LogP contribution in [-0.2, 0) is 4.79 Å². The Hall–Kier alpha value is -0.610. The third-order valence-corrected chi connectivity index (χ3v) is 2.76. The van der Waals surface area contributed by atoms with Crippen molar-refractivity contribution >= 4 is 5.91 Å². The number of likely N-dealkylation sites (N-methyl/N-ethyl adjacent to an activating group) is 1. The second-order valence-electron chi connectivity index (χ2n) is 3.32. The van der Waals surface area contributed by atoms with Crippen LogP contribution in [0.4, 0.5) is 0 Å². The summed E-state index contributed by atoms with van der Waals surface area (Å²) in [4.78, 5) is 13.5. The van der Waals surface area contributed by atoms with E-state index < -0.39 is 0 Å². The van der Waals surface area contributed by atoms with Gasteiger partial charge in [-0.25, -0.2) is 0 Å². The van der Waals surface area contributed by atoms with Gasteiger partial charge in [0.05, 0.1) is 6.67 Å². The number of hydrogen-bond donors (Lipinski definition) is 2. The quantitative estimate of drug-likeness (QED) is 0.459. The second kappa shape index (κ2) is 2.19. The fraction of sp³-hybridized carbons (Fsp3) is 0.857. The van der Waals surface area contributed by atoms with E-state index in [0.29, 0.717) is 6.67 Å². The number of hydrogen-bond acceptors (Lipinski definition) is 3. The van der Waals surface area contributed by atoms with E-state index in [1.165, 1.54) is 0 Å². The summed E-state index contributed by atoms with van der Waals surface area (Å²) >= 11 is 0. The molecule has 0 saturated carbocycles. The van der Waals surface area contributed by atoms with Crippen LogP contribution < -0.4 is 10.6 Å². The molecule has 0 aliphatic carbocycles. The highest BCUT2D eigenvalue weighted by atomic mass is 16.2. The topological polar surface area (TPSA) is 44.4 Å². The average Bonchev–Trinajstić information content (AvgIpc) is 2.56. The molecule has 0 bridgehead atoms. The molecule has 2 N–H and O–H groups in total. The maximum absolute atomic E-state index is 11.4. The number of carbonyl (C=O) groups excluding carboxylic acids is 1. The minimum Gasteiger partial charge on any atom is -0.342 e. The molecule has 62 valence electrons. The monoisotopic (exact) mass is 155 g/mol. The van der Waals surface area contributed by atoms with Gasteiger partial charge in [-0.15, -0.1) is 0 Å². The highest BCUT2D eigenvalue weighted by Gasteiger charge is 2.48. The first-order valence-corrected chi connectivity index (χ1v) is 3.96. The molecular formula is C7H13N3O. The molecule has 0 unspecified atom stereocenters. The lowest BCUT2D eigenvalue weighted by Crippen LogP contribution is -2.48. The predicted molar refractivity (Wildman–Crippen MR) is 41.0 cm³/mol. The zero-order chi connectivity index (χ0) is 7.90. The van der Waals surface area contributed by atoms with Gasteiger partial charge in [-0.2, -0.15) is 0 Å². The van der Waals surface area contributed by atoms with Crippen LogP contribution in [0.15, 0.2) is 0 Å². The average molecular weight is 155 g/mol. The first-order chi connectivity index (χ1) is 5.26. The van der Waals surface area contributed by atoms with Gasteiger partial charge >= 0.3 is 0 Å². The first-order valence-electron chi connectivity index (χ1n) is 3.96. The largest absolute Gasteiger partial charge is 0.342 e. The molecule has 1 atom stereocenters. The number of carbonyl (C=O) groups is 1. The van der Waals surface area contributed by atoms with Crippen molar-refractivity contribution in [2.45, 2.75) is 12.0 Å². The Morgan fingerprint density at radius 2 is 2.45 bits per heavy atom. The summed E-state index contributed by atoms with van der Waals surface area (Å²) in [5, 5.41) is 6.06. The molecule has 2 saturated heterocycles. The van der Waals surface area contributed by atoms with Crippen molar-refractivity contribution in [1.82, 2.24) is 15.5 Å². The molecular weight excluding hydrogens is 142 g/mol. The molecule has 2 aliphatic rings. The predicted octanol–water partition coefficient (Wildman–Crippen LogP) is -1.26. The molecule has 1 amide bonds. The van der Waals surface area contributed by atoms with Crippen molar-refractivity contribution in [3.63, 3.8) is 0 Å². The Bertz CT molecular complexity index is 186. The van der Waals surface area contributed by atoms with Gasteiger partial charge in [0.1, 0.15) is 5.54 Å². The van der Waals surface area contributed by atoms with E-state index in [1.54, 1.807) is 0 Å². The maximum Gasteiger partial charge on any atom is 0.242 e. The molecule has 2 rings (SSSR count). The Kier molecular flexibility index (Phi) is 1.40. The lowest BCUT2D eigenvalue weighted by atomic mass is 9.98. The summed E-state index contributed by atoms with van der Waals surface area (Å²) in [6.07, 6.45) is 0.940. The SMILES string of the molecule is CN1CNC(=O)[C@]12CCNC2. The van der Waals surface area contributed by atoms with Gasteiger partial charge in [-0.05, 0) is 20.0 Å². The van der Waals surface area contributed by atoms with E-state index in [2.05, 4.69) is 15.5 Å². The van der Waals surface area contributed by atoms with Crippen molar-refractivity contribution in [2.75, 3.05) is 26.8 Å². The number of amides is 1. The van der Waals surface area contributed by atoms with Crippen molar-refractivity contribution < 1.29 is 4.79 Å². The highest BCUT2D eigenvalue weighted by molar-refractivity contribution is 5.88. The third-order valence-electron chi connectivity index (χ3n) is 2.76. The van der Waals surface area contributed by atoms with E-state index in [1.807, 2.05) is 7.05 Å². The zero-order valence-corrected chi connectivity index (χ0v) is 6.68. The molecule has 4 heteroatoms. The summed E-state index contributed by atoms with van der Waals surface area (Å²) in [5.74, 6) is 0.185. The normalized spacial score (nSPS) is 38.5. The summed E-state index contributed by atoms with van der Waals surface area (Å²) in [6, 6.07) is 0. The number of nitrogens with one attached hydrogen (secondary N) is 2. The zero-order valence-electron chi connectivity index (χ0n) is 6.68. The van der Waals surface area contributed by atoms with Crippen molar-refractivity contribution in [1.29, 1.82) is 0 Å². The van der Waals surface area contributed by atoms with Crippen molar-refractivity contribution in [3.8, 4) is 0 Å². The van der Waals surface area contributed by atoms with Crippen LogP contribution in [-0.4, -0.2) is 43.2 Å². The van der Waals surface area contributed by atoms with Gasteiger partial charge < -0.3 is 10.6 Å². The van der Waals surface area contributed by atoms with Gasteiger partial charge in [-0.3, -0.25) is 9.69 Å². The van der Waals surface area contributed by atoms with Gasteiger partial charge in [0.15, 0.2) is 0 Å². The fourth-order valence-corrected chi connectivity index (χ4v) is 1.88. The Morgan fingerprint density at radius 1 is 1.64 bits per heavy atom. The molecule has 0 aromatic carbocycles. The molecule has 1 spiro atoms. The summed E-state index contributed by atoms with van der Waals surface area (Å²) < 4.78 is 0. The Labute approximate surface area is 65.9 Å². The summed E-state index contributed by atoms with van der Waals surface area (Å²) in [5.41, 5.74) is -0.222. The van der Waals surface area contributed by atoms with Crippen molar-refractivity contribution in [3.05, 3.63) is 0 Å². The highest BCUT2D eigenvalue weighted by Crippen LogP contribution is 2.24. The molecule has 4 nitrogen and oxygen atoms in total. The smallest absolute Gasteiger partial charge is 0.242 e. The van der Waals surface area contributed by atoms with Crippen LogP contribution in [0.5, 0.6) is 0 Å². The van der Waals surface area contributed by atoms with Crippen LogP contribution in [0.2, 0.25) is 0 Å². The van der Waals surface area contributed by atoms with Crippen LogP contribution in [0.3, 0.4) is 0 Å². The first kappa shape index (κ1) is 7.06. The van der Waals surface area contributed by atoms with Crippen LogP contribution in [0.1, 0.15) is 6.42 Å². The van der Waals surface area contributed by atoms with E-state index >= 15 is 0 Å². The lowest BCUT2D eigenvalue weighted by Gasteiger charge is -2.26. The minimum absolute atomic E-state index is 0.185. The second-order valence-corrected chi connectivity index (χ2v) is 3.32. The lowest BCUT2D eigenvalue weighted by molar-refractivity contribution is -0.125. The molecule has 0 aromatic rings. The van der Waals surface area contributed by atoms with Crippen LogP contribution in [0.25, 0.3) is 0 Å². The van der Waals surface area contributed by atoms with Gasteiger partial charge in [0, 0.05) is 6.54 Å². The summed E-state index contributed by atoms with van der Waals surface area (Å²) in [6.45, 7) is 2.45. The molecule has 2 aliphatic heterocycles. The van der Waals surface area contributed by atoms with E-state index in [4.69, 9.17) is 0 Å².